The molecule has 0 aliphatic heterocycles. The Labute approximate surface area is 393 Å². The van der Waals surface area contributed by atoms with E-state index in [-0.39, 0.29) is 31.1 Å². The molecule has 63 heavy (non-hydrogen) atoms. The first-order valence-electron chi connectivity index (χ1n) is 28.1. The largest absolute Gasteiger partial charge is 0.462 e. The predicted octanol–water partition coefficient (Wildman–Crippen LogP) is 18.3. The molecule has 0 aromatic heterocycles. The Kier molecular flexibility index (Phi) is 47.1. The fourth-order valence-corrected chi connectivity index (χ4v) is 8.61. The number of hydrogen-bond donors (Lipinski definition) is 0. The summed E-state index contributed by atoms with van der Waals surface area (Å²) in [6, 6.07) is 0. The molecular formula is C57H110O6. The topological polar surface area (TPSA) is 78.9 Å². The maximum Gasteiger partial charge on any atom is 0.306 e. The maximum atomic E-state index is 12.8. The fraction of sp³-hybridized carbons (Fsp3) is 0.947. The van der Waals surface area contributed by atoms with Crippen molar-refractivity contribution in [1.29, 1.82) is 0 Å². The highest BCUT2D eigenvalue weighted by Gasteiger charge is 2.19. The molecular weight excluding hydrogens is 781 g/mol. The SMILES string of the molecule is CCC(C)CCCCCCCCCCCCC(=O)OC[C@H](COC(=O)CCCCCCCCCC(C)C)OC(=O)CCCCCCCCCCCCCCCCCCCCC(C)C. The van der Waals surface area contributed by atoms with Gasteiger partial charge < -0.3 is 14.2 Å². The lowest BCUT2D eigenvalue weighted by molar-refractivity contribution is -0.167. The second-order valence-corrected chi connectivity index (χ2v) is 20.8. The van der Waals surface area contributed by atoms with Crippen molar-refractivity contribution < 1.29 is 28.6 Å². The second kappa shape index (κ2) is 48.3. The molecule has 6 nitrogen and oxygen atoms in total. The van der Waals surface area contributed by atoms with Crippen molar-refractivity contribution >= 4 is 17.9 Å². The average Bonchev–Trinajstić information content (AvgIpc) is 3.25. The molecule has 0 amide bonds. The molecule has 0 aliphatic rings. The van der Waals surface area contributed by atoms with Crippen molar-refractivity contribution in [1.82, 2.24) is 0 Å². The van der Waals surface area contributed by atoms with Gasteiger partial charge in [0.2, 0.25) is 0 Å². The lowest BCUT2D eigenvalue weighted by Crippen LogP contribution is -2.30. The predicted molar refractivity (Wildman–Crippen MR) is 270 cm³/mol. The van der Waals surface area contributed by atoms with Gasteiger partial charge in [0.25, 0.3) is 0 Å². The zero-order chi connectivity index (χ0) is 46.3. The van der Waals surface area contributed by atoms with E-state index >= 15 is 0 Å². The molecule has 0 aliphatic carbocycles. The standard InChI is InChI=1S/C57H110O6/c1-7-53(6)45-39-33-27-21-18-19-22-28-34-40-46-55(58)61-49-54(50-62-56(59)47-41-35-30-24-26-32-38-44-52(4)5)63-57(60)48-42-36-29-23-17-15-13-11-9-8-10-12-14-16-20-25-31-37-43-51(2)3/h51-54H,7-50H2,1-6H3/t53?,54-/m1/s1. The highest BCUT2D eigenvalue weighted by atomic mass is 16.6. The summed E-state index contributed by atoms with van der Waals surface area (Å²) < 4.78 is 16.8. The number of esters is 3. The van der Waals surface area contributed by atoms with Crippen LogP contribution in [-0.4, -0.2) is 37.2 Å². The molecule has 0 bridgehead atoms. The lowest BCUT2D eigenvalue weighted by Gasteiger charge is -2.18. The van der Waals surface area contributed by atoms with Crippen LogP contribution in [0.15, 0.2) is 0 Å². The summed E-state index contributed by atoms with van der Waals surface area (Å²) in [5, 5.41) is 0. The molecule has 0 fully saturated rings. The van der Waals surface area contributed by atoms with Gasteiger partial charge in [-0.05, 0) is 37.0 Å². The van der Waals surface area contributed by atoms with Crippen molar-refractivity contribution in [3.05, 3.63) is 0 Å². The normalized spacial score (nSPS) is 12.6. The van der Waals surface area contributed by atoms with Crippen LogP contribution in [0.4, 0.5) is 0 Å². The Balaban J connectivity index is 4.23. The van der Waals surface area contributed by atoms with E-state index in [0.29, 0.717) is 19.3 Å². The van der Waals surface area contributed by atoms with Gasteiger partial charge in [-0.15, -0.1) is 0 Å². The number of ether oxygens (including phenoxy) is 3. The Bertz CT molecular complexity index is 978. The van der Waals surface area contributed by atoms with Crippen molar-refractivity contribution in [2.24, 2.45) is 17.8 Å². The Morgan fingerprint density at radius 3 is 0.825 bits per heavy atom. The molecule has 2 atom stereocenters. The molecule has 0 N–H and O–H groups in total. The summed E-state index contributed by atoms with van der Waals surface area (Å²) in [4.78, 5) is 38.0. The molecule has 0 spiro atoms. The Morgan fingerprint density at radius 1 is 0.317 bits per heavy atom. The number of rotatable bonds is 50. The third kappa shape index (κ3) is 49.7. The minimum absolute atomic E-state index is 0.0647. The van der Waals surface area contributed by atoms with Crippen LogP contribution in [0.3, 0.4) is 0 Å². The number of unbranched alkanes of at least 4 members (excludes halogenated alkanes) is 32. The summed E-state index contributed by atoms with van der Waals surface area (Å²) in [6.07, 6.45) is 49.6. The molecule has 374 valence electrons. The van der Waals surface area contributed by atoms with Gasteiger partial charge in [0.15, 0.2) is 6.10 Å². The summed E-state index contributed by atoms with van der Waals surface area (Å²) in [5.41, 5.74) is 0. The van der Waals surface area contributed by atoms with E-state index in [4.69, 9.17) is 14.2 Å². The van der Waals surface area contributed by atoms with Gasteiger partial charge in [-0.25, -0.2) is 0 Å². The van der Waals surface area contributed by atoms with Crippen LogP contribution < -0.4 is 0 Å². The molecule has 0 rings (SSSR count). The minimum Gasteiger partial charge on any atom is -0.462 e. The van der Waals surface area contributed by atoms with E-state index in [1.165, 1.54) is 193 Å². The van der Waals surface area contributed by atoms with Crippen molar-refractivity contribution in [2.45, 2.75) is 317 Å². The third-order valence-electron chi connectivity index (χ3n) is 13.3. The smallest absolute Gasteiger partial charge is 0.306 e. The van der Waals surface area contributed by atoms with Crippen molar-refractivity contribution in [3.63, 3.8) is 0 Å². The van der Waals surface area contributed by atoms with Crippen LogP contribution in [0.1, 0.15) is 311 Å². The van der Waals surface area contributed by atoms with Gasteiger partial charge in [0, 0.05) is 19.3 Å². The van der Waals surface area contributed by atoms with Crippen LogP contribution in [0.25, 0.3) is 0 Å². The van der Waals surface area contributed by atoms with E-state index in [2.05, 4.69) is 41.5 Å². The Morgan fingerprint density at radius 2 is 0.556 bits per heavy atom. The van der Waals surface area contributed by atoms with E-state index in [9.17, 15) is 14.4 Å². The summed E-state index contributed by atoms with van der Waals surface area (Å²) in [6.45, 7) is 13.7. The van der Waals surface area contributed by atoms with Crippen LogP contribution in [0, 0.1) is 17.8 Å². The van der Waals surface area contributed by atoms with Crippen LogP contribution in [0.2, 0.25) is 0 Å². The van der Waals surface area contributed by atoms with E-state index in [1.807, 2.05) is 0 Å². The van der Waals surface area contributed by atoms with Crippen LogP contribution in [0.5, 0.6) is 0 Å². The molecule has 0 saturated heterocycles. The van der Waals surface area contributed by atoms with Gasteiger partial charge in [-0.3, -0.25) is 14.4 Å². The van der Waals surface area contributed by atoms with Crippen LogP contribution >= 0.6 is 0 Å². The van der Waals surface area contributed by atoms with E-state index in [0.717, 1.165) is 75.5 Å². The van der Waals surface area contributed by atoms with Gasteiger partial charge in [-0.1, -0.05) is 273 Å². The first-order valence-corrected chi connectivity index (χ1v) is 28.1. The fourth-order valence-electron chi connectivity index (χ4n) is 8.61. The number of hydrogen-bond acceptors (Lipinski definition) is 6. The summed E-state index contributed by atoms with van der Waals surface area (Å²) >= 11 is 0. The third-order valence-corrected chi connectivity index (χ3v) is 13.3. The van der Waals surface area contributed by atoms with Gasteiger partial charge >= 0.3 is 17.9 Å². The van der Waals surface area contributed by atoms with Crippen LogP contribution in [-0.2, 0) is 28.6 Å². The minimum atomic E-state index is -0.763. The quantitative estimate of drug-likeness (QED) is 0.0344. The summed E-state index contributed by atoms with van der Waals surface area (Å²) in [5.74, 6) is 1.66. The zero-order valence-corrected chi connectivity index (χ0v) is 43.4. The molecule has 0 aromatic rings. The molecule has 0 aromatic carbocycles. The van der Waals surface area contributed by atoms with E-state index < -0.39 is 6.10 Å². The Hall–Kier alpha value is -1.59. The average molecular weight is 892 g/mol. The van der Waals surface area contributed by atoms with E-state index in [1.54, 1.807) is 0 Å². The molecule has 0 saturated carbocycles. The van der Waals surface area contributed by atoms with Gasteiger partial charge in [0.1, 0.15) is 13.2 Å². The number of carbonyl (C=O) groups is 3. The van der Waals surface area contributed by atoms with Crippen molar-refractivity contribution in [2.75, 3.05) is 13.2 Å². The molecule has 1 unspecified atom stereocenters. The number of carbonyl (C=O) groups excluding carboxylic acids is 3. The summed E-state index contributed by atoms with van der Waals surface area (Å²) in [7, 11) is 0. The maximum absolute atomic E-state index is 12.8. The molecule has 0 heterocycles. The molecule has 6 heteroatoms. The van der Waals surface area contributed by atoms with Crippen molar-refractivity contribution in [3.8, 4) is 0 Å². The second-order valence-electron chi connectivity index (χ2n) is 20.8. The first kappa shape index (κ1) is 61.4. The zero-order valence-electron chi connectivity index (χ0n) is 43.4. The first-order chi connectivity index (χ1) is 30.6. The monoisotopic (exact) mass is 891 g/mol. The lowest BCUT2D eigenvalue weighted by atomic mass is 9.99. The molecule has 0 radical (unpaired) electrons. The highest BCUT2D eigenvalue weighted by molar-refractivity contribution is 5.71. The van der Waals surface area contributed by atoms with Gasteiger partial charge in [-0.2, -0.15) is 0 Å². The van der Waals surface area contributed by atoms with Gasteiger partial charge in [0.05, 0.1) is 0 Å². The highest BCUT2D eigenvalue weighted by Crippen LogP contribution is 2.19.